The van der Waals surface area contributed by atoms with Gasteiger partial charge in [-0.05, 0) is 25.8 Å². The molecule has 26 heavy (non-hydrogen) atoms. The largest absolute Gasteiger partial charge is 0.469 e. The summed E-state index contributed by atoms with van der Waals surface area (Å²) >= 11 is 1.44. The minimum atomic E-state index is 0.186. The van der Waals surface area contributed by atoms with Crippen molar-refractivity contribution in [2.24, 2.45) is 0 Å². The number of thioether (sulfide) groups is 1. The predicted octanol–water partition coefficient (Wildman–Crippen LogP) is 3.92. The minimum absolute atomic E-state index is 0.186. The van der Waals surface area contributed by atoms with E-state index in [0.29, 0.717) is 12.3 Å². The summed E-state index contributed by atoms with van der Waals surface area (Å²) in [6.07, 6.45) is 9.40. The van der Waals surface area contributed by atoms with Crippen molar-refractivity contribution in [2.75, 3.05) is 18.8 Å². The molecule has 2 aromatic heterocycles. The van der Waals surface area contributed by atoms with Crippen LogP contribution in [0.5, 0.6) is 0 Å². The van der Waals surface area contributed by atoms with Gasteiger partial charge in [-0.25, -0.2) is 0 Å². The number of nitrogens with zero attached hydrogens (tertiary/aromatic N) is 4. The second-order valence-electron chi connectivity index (χ2n) is 6.53. The molecular weight excluding hydrogens is 348 g/mol. The Hall–Kier alpha value is -2.02. The first-order valence-electron chi connectivity index (χ1n) is 9.20. The van der Waals surface area contributed by atoms with Crippen LogP contribution in [0.25, 0.3) is 11.4 Å². The zero-order chi connectivity index (χ0) is 18.4. The van der Waals surface area contributed by atoms with Gasteiger partial charge in [0.15, 0.2) is 11.0 Å². The number of hydrogen-bond acceptors (Lipinski definition) is 5. The lowest BCUT2D eigenvalue weighted by Gasteiger charge is -2.24. The zero-order valence-electron chi connectivity index (χ0n) is 15.3. The molecule has 1 fully saturated rings. The molecule has 0 radical (unpaired) electrons. The smallest absolute Gasteiger partial charge is 0.233 e. The van der Waals surface area contributed by atoms with E-state index in [0.717, 1.165) is 48.2 Å². The number of allylic oxidation sites excluding steroid dienone is 1. The van der Waals surface area contributed by atoms with Crippen molar-refractivity contribution in [3.63, 3.8) is 0 Å². The summed E-state index contributed by atoms with van der Waals surface area (Å²) in [6.45, 7) is 8.07. The fourth-order valence-electron chi connectivity index (χ4n) is 3.22. The molecular formula is C19H26N4O2S. The average Bonchev–Trinajstić information content (AvgIpc) is 3.19. The van der Waals surface area contributed by atoms with Crippen LogP contribution in [-0.4, -0.2) is 44.4 Å². The van der Waals surface area contributed by atoms with Crippen LogP contribution in [0.2, 0.25) is 0 Å². The predicted molar refractivity (Wildman–Crippen MR) is 103 cm³/mol. The number of carbonyl (C=O) groups is 1. The number of hydrogen-bond donors (Lipinski definition) is 0. The number of carbonyl (C=O) groups excluding carboxylic acids is 1. The molecule has 0 spiro atoms. The van der Waals surface area contributed by atoms with E-state index in [-0.39, 0.29) is 5.91 Å². The van der Waals surface area contributed by atoms with E-state index in [1.54, 1.807) is 6.26 Å². The van der Waals surface area contributed by atoms with Gasteiger partial charge in [0, 0.05) is 19.6 Å². The van der Waals surface area contributed by atoms with Crippen LogP contribution in [0.1, 0.15) is 37.9 Å². The first-order chi connectivity index (χ1) is 12.7. The van der Waals surface area contributed by atoms with Crippen LogP contribution in [0.3, 0.4) is 0 Å². The third-order valence-corrected chi connectivity index (χ3v) is 5.61. The summed E-state index contributed by atoms with van der Waals surface area (Å²) in [5, 5.41) is 9.35. The first-order valence-corrected chi connectivity index (χ1v) is 10.2. The quantitative estimate of drug-likeness (QED) is 0.566. The second kappa shape index (κ2) is 9.07. The van der Waals surface area contributed by atoms with Gasteiger partial charge in [-0.1, -0.05) is 37.1 Å². The van der Waals surface area contributed by atoms with E-state index in [2.05, 4.69) is 16.8 Å². The normalized spacial score (nSPS) is 15.5. The van der Waals surface area contributed by atoms with Crippen molar-refractivity contribution >= 4 is 17.7 Å². The van der Waals surface area contributed by atoms with Crippen molar-refractivity contribution in [1.82, 2.24) is 19.7 Å². The van der Waals surface area contributed by atoms with Gasteiger partial charge in [-0.3, -0.25) is 9.36 Å². The Kier molecular flexibility index (Phi) is 6.55. The standard InChI is InChI=1S/C19H26N4O2S/c1-3-10-23-18(16-9-13-25-15(16)2)20-21-19(23)26-14-17(24)22-11-7-5-4-6-8-12-22/h3,9,13H,1,4-8,10-12,14H2,2H3. The molecule has 6 nitrogen and oxygen atoms in total. The van der Waals surface area contributed by atoms with Crippen molar-refractivity contribution < 1.29 is 9.21 Å². The maximum atomic E-state index is 12.6. The lowest BCUT2D eigenvalue weighted by Crippen LogP contribution is -2.35. The highest BCUT2D eigenvalue weighted by Crippen LogP contribution is 2.27. The van der Waals surface area contributed by atoms with Crippen LogP contribution in [0.4, 0.5) is 0 Å². The monoisotopic (exact) mass is 374 g/mol. The first kappa shape index (κ1) is 18.8. The molecule has 7 heteroatoms. The molecule has 3 rings (SSSR count). The van der Waals surface area contributed by atoms with Gasteiger partial charge in [0.25, 0.3) is 0 Å². The summed E-state index contributed by atoms with van der Waals surface area (Å²) in [6, 6.07) is 1.89. The molecule has 140 valence electrons. The highest BCUT2D eigenvalue weighted by Gasteiger charge is 2.20. The molecule has 1 aliphatic heterocycles. The third kappa shape index (κ3) is 4.38. The Balaban J connectivity index is 1.69. The van der Waals surface area contributed by atoms with Gasteiger partial charge in [-0.15, -0.1) is 16.8 Å². The molecule has 0 bridgehead atoms. The molecule has 0 aliphatic carbocycles. The molecule has 0 saturated carbocycles. The summed E-state index contributed by atoms with van der Waals surface area (Å²) in [7, 11) is 0. The van der Waals surface area contributed by atoms with Crippen LogP contribution < -0.4 is 0 Å². The fourth-order valence-corrected chi connectivity index (χ4v) is 4.07. The lowest BCUT2D eigenvalue weighted by molar-refractivity contribution is -0.128. The van der Waals surface area contributed by atoms with Crippen LogP contribution in [-0.2, 0) is 11.3 Å². The van der Waals surface area contributed by atoms with E-state index in [9.17, 15) is 4.79 Å². The molecule has 0 atom stereocenters. The van der Waals surface area contributed by atoms with Gasteiger partial charge < -0.3 is 9.32 Å². The van der Waals surface area contributed by atoms with Crippen molar-refractivity contribution in [3.8, 4) is 11.4 Å². The average molecular weight is 375 g/mol. The highest BCUT2D eigenvalue weighted by molar-refractivity contribution is 7.99. The number of aromatic nitrogens is 3. The molecule has 3 heterocycles. The summed E-state index contributed by atoms with van der Waals surface area (Å²) in [4.78, 5) is 14.6. The zero-order valence-corrected chi connectivity index (χ0v) is 16.1. The van der Waals surface area contributed by atoms with Crippen molar-refractivity contribution in [2.45, 2.75) is 50.7 Å². The van der Waals surface area contributed by atoms with Gasteiger partial charge >= 0.3 is 0 Å². The summed E-state index contributed by atoms with van der Waals surface area (Å²) < 4.78 is 7.37. The number of aryl methyl sites for hydroxylation is 1. The summed E-state index contributed by atoms with van der Waals surface area (Å²) in [5.41, 5.74) is 0.918. The Morgan fingerprint density at radius 1 is 1.27 bits per heavy atom. The molecule has 0 unspecified atom stereocenters. The Morgan fingerprint density at radius 2 is 2.00 bits per heavy atom. The fraction of sp³-hybridized carbons (Fsp3) is 0.526. The second-order valence-corrected chi connectivity index (χ2v) is 7.48. The van der Waals surface area contributed by atoms with E-state index in [4.69, 9.17) is 4.42 Å². The molecule has 1 amide bonds. The third-order valence-electron chi connectivity index (χ3n) is 4.66. The van der Waals surface area contributed by atoms with Gasteiger partial charge in [0.1, 0.15) is 5.76 Å². The van der Waals surface area contributed by atoms with Crippen LogP contribution in [0.15, 0.2) is 34.6 Å². The minimum Gasteiger partial charge on any atom is -0.469 e. The van der Waals surface area contributed by atoms with Gasteiger partial charge in [0.05, 0.1) is 17.6 Å². The van der Waals surface area contributed by atoms with Crippen LogP contribution in [0, 0.1) is 6.92 Å². The van der Waals surface area contributed by atoms with E-state index >= 15 is 0 Å². The highest BCUT2D eigenvalue weighted by atomic mass is 32.2. The Bertz CT molecular complexity index is 745. The van der Waals surface area contributed by atoms with Crippen molar-refractivity contribution in [1.29, 1.82) is 0 Å². The molecule has 2 aromatic rings. The Labute approximate surface area is 158 Å². The molecule has 1 saturated heterocycles. The number of furan rings is 1. The van der Waals surface area contributed by atoms with E-state index in [1.165, 1.54) is 31.0 Å². The summed E-state index contributed by atoms with van der Waals surface area (Å²) in [5.74, 6) is 2.12. The van der Waals surface area contributed by atoms with Crippen LogP contribution >= 0.6 is 11.8 Å². The number of likely N-dealkylation sites (tertiary alicyclic amines) is 1. The van der Waals surface area contributed by atoms with E-state index in [1.807, 2.05) is 28.5 Å². The van der Waals surface area contributed by atoms with Crippen molar-refractivity contribution in [3.05, 3.63) is 30.7 Å². The van der Waals surface area contributed by atoms with Gasteiger partial charge in [-0.2, -0.15) is 0 Å². The SMILES string of the molecule is C=CCn1c(SCC(=O)N2CCCCCCC2)nnc1-c1ccoc1C. The lowest BCUT2D eigenvalue weighted by atomic mass is 10.1. The van der Waals surface area contributed by atoms with Gasteiger partial charge in [0.2, 0.25) is 5.91 Å². The Morgan fingerprint density at radius 3 is 2.65 bits per heavy atom. The number of amides is 1. The number of rotatable bonds is 6. The maximum Gasteiger partial charge on any atom is 0.233 e. The molecule has 0 N–H and O–H groups in total. The topological polar surface area (TPSA) is 64.2 Å². The van der Waals surface area contributed by atoms with E-state index < -0.39 is 0 Å². The molecule has 0 aromatic carbocycles. The maximum absolute atomic E-state index is 12.6. The molecule has 1 aliphatic rings.